The van der Waals surface area contributed by atoms with Gasteiger partial charge in [0.1, 0.15) is 17.2 Å². The summed E-state index contributed by atoms with van der Waals surface area (Å²) in [5.74, 6) is 0. The van der Waals surface area contributed by atoms with Crippen molar-refractivity contribution >= 4 is 33.0 Å². The number of benzene rings is 3. The molecular weight excluding hydrogens is 466 g/mol. The second kappa shape index (κ2) is 7.79. The van der Waals surface area contributed by atoms with Gasteiger partial charge in [0.05, 0.1) is 16.3 Å². The molecule has 0 amide bonds. The van der Waals surface area contributed by atoms with Gasteiger partial charge >= 0.3 is 0 Å². The van der Waals surface area contributed by atoms with E-state index in [0.29, 0.717) is 17.0 Å². The Bertz CT molecular complexity index is 1550. The Morgan fingerprint density at radius 1 is 0.853 bits per heavy atom. The molecule has 7 heteroatoms. The number of halogens is 1. The second-order valence-corrected chi connectivity index (χ2v) is 10.6. The number of aromatic nitrogens is 1. The van der Waals surface area contributed by atoms with E-state index >= 15 is 0 Å². The maximum atomic E-state index is 14.3. The van der Waals surface area contributed by atoms with Crippen molar-refractivity contribution in [3.63, 3.8) is 0 Å². The molecule has 5 nitrogen and oxygen atoms in total. The fraction of sp³-hybridized carbons (Fsp3) is 0.111. The highest BCUT2D eigenvalue weighted by atomic mass is 35.5. The van der Waals surface area contributed by atoms with E-state index in [1.54, 1.807) is 24.4 Å². The summed E-state index contributed by atoms with van der Waals surface area (Å²) in [6.45, 7) is 1.93. The van der Waals surface area contributed by atoms with Crippen molar-refractivity contribution in [3.8, 4) is 0 Å². The molecule has 0 spiro atoms. The Morgan fingerprint density at radius 2 is 1.53 bits per heavy atom. The van der Waals surface area contributed by atoms with Gasteiger partial charge in [-0.05, 0) is 41.8 Å². The number of hydrogen-bond acceptors (Lipinski definition) is 4. The minimum Gasteiger partial charge on any atom is -0.273 e. The Hall–Kier alpha value is -3.48. The highest BCUT2D eigenvalue weighted by Gasteiger charge is 2.46. The molecule has 4 aromatic rings. The Morgan fingerprint density at radius 3 is 2.26 bits per heavy atom. The molecule has 3 aromatic carbocycles. The molecule has 2 atom stereocenters. The van der Waals surface area contributed by atoms with Crippen LogP contribution >= 0.6 is 11.6 Å². The number of pyridine rings is 1. The number of sulfonamides is 1. The number of anilines is 1. The third-order valence-corrected chi connectivity index (χ3v) is 8.52. The van der Waals surface area contributed by atoms with Gasteiger partial charge in [-0.3, -0.25) is 9.30 Å². The van der Waals surface area contributed by atoms with E-state index in [2.05, 4.69) is 4.98 Å². The van der Waals surface area contributed by atoms with Gasteiger partial charge in [-0.15, -0.1) is 0 Å². The van der Waals surface area contributed by atoms with E-state index in [1.165, 1.54) is 4.31 Å². The zero-order valence-electron chi connectivity index (χ0n) is 18.3. The van der Waals surface area contributed by atoms with E-state index < -0.39 is 22.1 Å². The van der Waals surface area contributed by atoms with Crippen LogP contribution in [0.2, 0.25) is 5.15 Å². The summed E-state index contributed by atoms with van der Waals surface area (Å²) in [5.41, 5.74) is 5.47. The molecule has 6 rings (SSSR count). The molecule has 2 aliphatic heterocycles. The van der Waals surface area contributed by atoms with Gasteiger partial charge in [-0.2, -0.15) is 0 Å². The van der Waals surface area contributed by atoms with E-state index in [-0.39, 0.29) is 10.0 Å². The van der Waals surface area contributed by atoms with Crippen LogP contribution < -0.4 is 4.31 Å². The lowest BCUT2D eigenvalue weighted by atomic mass is 9.86. The van der Waals surface area contributed by atoms with Crippen molar-refractivity contribution in [2.24, 2.45) is 4.99 Å². The van der Waals surface area contributed by atoms with Crippen molar-refractivity contribution < 1.29 is 8.42 Å². The molecule has 0 saturated carbocycles. The highest BCUT2D eigenvalue weighted by molar-refractivity contribution is 7.92. The van der Waals surface area contributed by atoms with Crippen LogP contribution in [-0.2, 0) is 10.0 Å². The first kappa shape index (κ1) is 21.1. The van der Waals surface area contributed by atoms with Crippen LogP contribution in [-0.4, -0.2) is 19.1 Å². The Labute approximate surface area is 203 Å². The summed E-state index contributed by atoms with van der Waals surface area (Å²) >= 11 is 6.65. The zero-order valence-corrected chi connectivity index (χ0v) is 19.8. The summed E-state index contributed by atoms with van der Waals surface area (Å²) in [7, 11) is -3.98. The summed E-state index contributed by atoms with van der Waals surface area (Å²) in [5, 5.41) is 0.250. The lowest BCUT2D eigenvalue weighted by Crippen LogP contribution is -2.40. The van der Waals surface area contributed by atoms with Crippen LogP contribution in [0.15, 0.2) is 101 Å². The van der Waals surface area contributed by atoms with Crippen LogP contribution in [0.3, 0.4) is 0 Å². The summed E-state index contributed by atoms with van der Waals surface area (Å²) < 4.78 is 30.1. The average Bonchev–Trinajstić information content (AvgIpc) is 3.09. The topological polar surface area (TPSA) is 62.6 Å². The van der Waals surface area contributed by atoms with Crippen molar-refractivity contribution in [2.75, 3.05) is 4.31 Å². The lowest BCUT2D eigenvalue weighted by molar-refractivity contribution is 0.588. The highest BCUT2D eigenvalue weighted by Crippen LogP contribution is 2.52. The zero-order chi connectivity index (χ0) is 23.4. The molecule has 1 aromatic heterocycles. The standard InChI is InChI=1S/C27H20ClN3O2S/c1-17-11-13-19(14-12-17)34(32,33)31-22-15-16-29-27(28)23(22)25-20-9-5-6-10-21(20)26(31)24(30-25)18-7-3-2-4-8-18/h2-16,25-26H,1H3. The molecule has 3 heterocycles. The first-order valence-corrected chi connectivity index (χ1v) is 12.8. The van der Waals surface area contributed by atoms with Crippen LogP contribution in [0.1, 0.15) is 39.9 Å². The molecule has 0 radical (unpaired) electrons. The summed E-state index contributed by atoms with van der Waals surface area (Å²) in [6.07, 6.45) is 1.55. The van der Waals surface area contributed by atoms with Gasteiger partial charge in [-0.25, -0.2) is 13.4 Å². The van der Waals surface area contributed by atoms with Gasteiger partial charge in [0.25, 0.3) is 10.0 Å². The predicted octanol–water partition coefficient (Wildman–Crippen LogP) is 5.89. The monoisotopic (exact) mass is 485 g/mol. The summed E-state index contributed by atoms with van der Waals surface area (Å²) in [6, 6.07) is 25.1. The van der Waals surface area contributed by atoms with Crippen molar-refractivity contribution in [2.45, 2.75) is 23.9 Å². The first-order valence-electron chi connectivity index (χ1n) is 10.9. The van der Waals surface area contributed by atoms with Gasteiger partial charge in [-0.1, -0.05) is 83.9 Å². The van der Waals surface area contributed by atoms with Crippen LogP contribution in [0.4, 0.5) is 5.69 Å². The quantitative estimate of drug-likeness (QED) is 0.340. The minimum atomic E-state index is -3.98. The summed E-state index contributed by atoms with van der Waals surface area (Å²) in [4.78, 5) is 9.63. The SMILES string of the molecule is Cc1ccc(S(=O)(=O)N2c3ccnc(Cl)c3C3N=C(c4ccccc4)C2c2ccccc23)cc1. The molecule has 2 aliphatic rings. The van der Waals surface area contributed by atoms with E-state index in [0.717, 1.165) is 22.3 Å². The Balaban J connectivity index is 1.71. The average molecular weight is 486 g/mol. The maximum absolute atomic E-state index is 14.3. The van der Waals surface area contributed by atoms with E-state index in [1.807, 2.05) is 73.7 Å². The Kier molecular flexibility index (Phi) is 4.83. The molecule has 34 heavy (non-hydrogen) atoms. The fourth-order valence-corrected chi connectivity index (χ4v) is 6.72. The number of hydrogen-bond donors (Lipinski definition) is 0. The predicted molar refractivity (Wildman–Crippen MR) is 134 cm³/mol. The molecule has 0 fully saturated rings. The minimum absolute atomic E-state index is 0.215. The van der Waals surface area contributed by atoms with Crippen molar-refractivity contribution in [1.29, 1.82) is 0 Å². The third kappa shape index (κ3) is 3.10. The molecule has 0 saturated heterocycles. The number of nitrogens with zero attached hydrogens (tertiary/aromatic N) is 3. The largest absolute Gasteiger partial charge is 0.273 e. The van der Waals surface area contributed by atoms with E-state index in [4.69, 9.17) is 16.6 Å². The van der Waals surface area contributed by atoms with Crippen molar-refractivity contribution in [1.82, 2.24) is 4.98 Å². The molecule has 0 N–H and O–H groups in total. The molecule has 168 valence electrons. The normalized spacial score (nSPS) is 18.6. The van der Waals surface area contributed by atoms with Gasteiger partial charge in [0, 0.05) is 11.8 Å². The number of aryl methyl sites for hydroxylation is 1. The number of aliphatic imine (C=N–C) groups is 1. The van der Waals surface area contributed by atoms with Crippen molar-refractivity contribution in [3.05, 3.63) is 124 Å². The first-order chi connectivity index (χ1) is 16.5. The van der Waals surface area contributed by atoms with E-state index in [9.17, 15) is 8.42 Å². The third-order valence-electron chi connectivity index (χ3n) is 6.42. The number of rotatable bonds is 3. The molecular formula is C27H20ClN3O2S. The molecule has 0 aliphatic carbocycles. The van der Waals surface area contributed by atoms with Gasteiger partial charge in [0.15, 0.2) is 0 Å². The molecule has 2 unspecified atom stereocenters. The maximum Gasteiger partial charge on any atom is 0.265 e. The van der Waals surface area contributed by atoms with Crippen LogP contribution in [0, 0.1) is 6.92 Å². The van der Waals surface area contributed by atoms with Gasteiger partial charge < -0.3 is 0 Å². The second-order valence-electron chi connectivity index (χ2n) is 8.46. The van der Waals surface area contributed by atoms with Crippen LogP contribution in [0.25, 0.3) is 0 Å². The number of fused-ring (bicyclic) bond motifs is 2. The fourth-order valence-electron chi connectivity index (χ4n) is 4.85. The smallest absolute Gasteiger partial charge is 0.265 e. The lowest BCUT2D eigenvalue weighted by Gasteiger charge is -2.34. The molecule has 2 bridgehead atoms. The van der Waals surface area contributed by atoms with Crippen LogP contribution in [0.5, 0.6) is 0 Å². The van der Waals surface area contributed by atoms with Gasteiger partial charge in [0.2, 0.25) is 0 Å².